The van der Waals surface area contributed by atoms with Gasteiger partial charge in [0.1, 0.15) is 11.4 Å². The van der Waals surface area contributed by atoms with E-state index in [1.807, 2.05) is 12.1 Å². The number of halogens is 1. The fourth-order valence-corrected chi connectivity index (χ4v) is 2.65. The Bertz CT molecular complexity index is 376. The monoisotopic (exact) mass is 269 g/mol. The summed E-state index contributed by atoms with van der Waals surface area (Å²) in [4.78, 5) is 0. The zero-order chi connectivity index (χ0) is 11.1. The van der Waals surface area contributed by atoms with E-state index in [4.69, 9.17) is 10.5 Å². The van der Waals surface area contributed by atoms with Gasteiger partial charge in [-0.1, -0.05) is 12.1 Å². The molecule has 0 radical (unpaired) electrons. The third-order valence-electron chi connectivity index (χ3n) is 2.84. The van der Waals surface area contributed by atoms with Gasteiger partial charge in [0.05, 0.1) is 4.47 Å². The first-order valence-corrected chi connectivity index (χ1v) is 6.00. The van der Waals surface area contributed by atoms with Crippen molar-refractivity contribution in [2.45, 2.75) is 31.8 Å². The highest BCUT2D eigenvalue weighted by molar-refractivity contribution is 9.10. The van der Waals surface area contributed by atoms with Crippen molar-refractivity contribution in [3.05, 3.63) is 28.2 Å². The molecule has 2 rings (SSSR count). The molecule has 1 aromatic rings. The average Bonchev–Trinajstić information content (AvgIpc) is 2.17. The van der Waals surface area contributed by atoms with Crippen LogP contribution in [0.5, 0.6) is 5.75 Å². The molecule has 0 saturated carbocycles. The van der Waals surface area contributed by atoms with Gasteiger partial charge in [0.2, 0.25) is 0 Å². The van der Waals surface area contributed by atoms with Gasteiger partial charge in [-0.3, -0.25) is 0 Å². The van der Waals surface area contributed by atoms with Gasteiger partial charge < -0.3 is 10.5 Å². The van der Waals surface area contributed by atoms with E-state index in [2.05, 4.69) is 35.8 Å². The molecule has 82 valence electrons. The summed E-state index contributed by atoms with van der Waals surface area (Å²) in [6.45, 7) is 4.90. The highest BCUT2D eigenvalue weighted by Gasteiger charge is 2.33. The lowest BCUT2D eigenvalue weighted by Gasteiger charge is -2.37. The number of ether oxygens (including phenoxy) is 1. The Hall–Kier alpha value is -0.540. The summed E-state index contributed by atoms with van der Waals surface area (Å²) in [5.74, 6) is 1.37. The van der Waals surface area contributed by atoms with Gasteiger partial charge in [0.15, 0.2) is 0 Å². The van der Waals surface area contributed by atoms with Crippen LogP contribution in [0.15, 0.2) is 22.7 Å². The summed E-state index contributed by atoms with van der Waals surface area (Å²) in [7, 11) is 0. The Balaban J connectivity index is 2.49. The molecule has 0 aliphatic carbocycles. The molecule has 0 fully saturated rings. The summed E-state index contributed by atoms with van der Waals surface area (Å²) in [5, 5.41) is 0. The van der Waals surface area contributed by atoms with Crippen LogP contribution >= 0.6 is 15.9 Å². The normalized spacial score (nSPS) is 23.1. The third-order valence-corrected chi connectivity index (χ3v) is 3.46. The van der Waals surface area contributed by atoms with E-state index in [1.165, 1.54) is 5.56 Å². The smallest absolute Gasteiger partial charge is 0.137 e. The number of para-hydroxylation sites is 1. The SMILES string of the molecule is CC1(C)CC(CN)c2cccc(Br)c2O1. The molecule has 0 aromatic heterocycles. The predicted octanol–water partition coefficient (Wildman–Crippen LogP) is 3.05. The zero-order valence-corrected chi connectivity index (χ0v) is 10.7. The number of benzene rings is 1. The van der Waals surface area contributed by atoms with E-state index in [1.54, 1.807) is 0 Å². The second kappa shape index (κ2) is 3.80. The van der Waals surface area contributed by atoms with Gasteiger partial charge in [-0.25, -0.2) is 0 Å². The van der Waals surface area contributed by atoms with Gasteiger partial charge in [0, 0.05) is 5.92 Å². The van der Waals surface area contributed by atoms with Crippen molar-refractivity contribution in [1.29, 1.82) is 0 Å². The lowest BCUT2D eigenvalue weighted by molar-refractivity contribution is 0.0721. The van der Waals surface area contributed by atoms with E-state index in [0.717, 1.165) is 16.6 Å². The Morgan fingerprint density at radius 2 is 2.27 bits per heavy atom. The van der Waals surface area contributed by atoms with Crippen LogP contribution in [-0.4, -0.2) is 12.1 Å². The molecule has 1 heterocycles. The Morgan fingerprint density at radius 1 is 1.53 bits per heavy atom. The van der Waals surface area contributed by atoms with E-state index in [9.17, 15) is 0 Å². The topological polar surface area (TPSA) is 35.2 Å². The lowest BCUT2D eigenvalue weighted by Crippen LogP contribution is -2.37. The second-order valence-electron chi connectivity index (χ2n) is 4.66. The van der Waals surface area contributed by atoms with Crippen LogP contribution in [-0.2, 0) is 0 Å². The Kier molecular flexibility index (Phi) is 2.77. The molecule has 0 spiro atoms. The maximum Gasteiger partial charge on any atom is 0.137 e. The van der Waals surface area contributed by atoms with Crippen molar-refractivity contribution in [2.75, 3.05) is 6.54 Å². The summed E-state index contributed by atoms with van der Waals surface area (Å²) in [5.41, 5.74) is 6.92. The molecular weight excluding hydrogens is 254 g/mol. The molecule has 3 heteroatoms. The van der Waals surface area contributed by atoms with Crippen LogP contribution in [0.1, 0.15) is 31.7 Å². The first-order chi connectivity index (χ1) is 7.03. The molecule has 1 unspecified atom stereocenters. The number of hydrogen-bond donors (Lipinski definition) is 1. The molecule has 0 bridgehead atoms. The van der Waals surface area contributed by atoms with Gasteiger partial charge in [-0.15, -0.1) is 0 Å². The molecule has 0 saturated heterocycles. The van der Waals surface area contributed by atoms with Crippen molar-refractivity contribution in [2.24, 2.45) is 5.73 Å². The Labute approximate surface area is 98.9 Å². The minimum Gasteiger partial charge on any atom is -0.486 e. The van der Waals surface area contributed by atoms with Crippen molar-refractivity contribution in [3.63, 3.8) is 0 Å². The van der Waals surface area contributed by atoms with Crippen LogP contribution in [0.4, 0.5) is 0 Å². The molecule has 1 aliphatic rings. The second-order valence-corrected chi connectivity index (χ2v) is 5.51. The molecule has 15 heavy (non-hydrogen) atoms. The van der Waals surface area contributed by atoms with E-state index in [0.29, 0.717) is 12.5 Å². The number of fused-ring (bicyclic) bond motifs is 1. The van der Waals surface area contributed by atoms with E-state index >= 15 is 0 Å². The van der Waals surface area contributed by atoms with Gasteiger partial charge in [0.25, 0.3) is 0 Å². The highest BCUT2D eigenvalue weighted by atomic mass is 79.9. The highest BCUT2D eigenvalue weighted by Crippen LogP contribution is 2.43. The van der Waals surface area contributed by atoms with Crippen molar-refractivity contribution in [1.82, 2.24) is 0 Å². The summed E-state index contributed by atoms with van der Waals surface area (Å²) in [6, 6.07) is 6.15. The fourth-order valence-electron chi connectivity index (χ4n) is 2.19. The van der Waals surface area contributed by atoms with Crippen LogP contribution < -0.4 is 10.5 Å². The molecule has 2 nitrogen and oxygen atoms in total. The number of nitrogens with two attached hydrogens (primary N) is 1. The summed E-state index contributed by atoms with van der Waals surface area (Å²) >= 11 is 3.52. The standard InChI is InChI=1S/C12H16BrNO/c1-12(2)6-8(7-14)9-4-3-5-10(13)11(9)15-12/h3-5,8H,6-7,14H2,1-2H3. The van der Waals surface area contributed by atoms with Crippen LogP contribution in [0.3, 0.4) is 0 Å². The Morgan fingerprint density at radius 3 is 2.93 bits per heavy atom. The van der Waals surface area contributed by atoms with Crippen LogP contribution in [0.2, 0.25) is 0 Å². The largest absolute Gasteiger partial charge is 0.486 e. The zero-order valence-electron chi connectivity index (χ0n) is 9.09. The van der Waals surface area contributed by atoms with Crippen molar-refractivity contribution >= 4 is 15.9 Å². The van der Waals surface area contributed by atoms with Gasteiger partial charge in [-0.05, 0) is 54.4 Å². The molecule has 1 atom stereocenters. The molecule has 1 aromatic carbocycles. The van der Waals surface area contributed by atoms with E-state index < -0.39 is 0 Å². The predicted molar refractivity (Wildman–Crippen MR) is 65.3 cm³/mol. The summed E-state index contributed by atoms with van der Waals surface area (Å²) in [6.07, 6.45) is 0.979. The minimum absolute atomic E-state index is 0.124. The maximum atomic E-state index is 5.98. The van der Waals surface area contributed by atoms with E-state index in [-0.39, 0.29) is 5.60 Å². The molecular formula is C12H16BrNO. The molecule has 1 aliphatic heterocycles. The van der Waals surface area contributed by atoms with Gasteiger partial charge in [-0.2, -0.15) is 0 Å². The molecule has 2 N–H and O–H groups in total. The first kappa shape index (κ1) is 11.0. The molecule has 0 amide bonds. The maximum absolute atomic E-state index is 5.98. The summed E-state index contributed by atoms with van der Waals surface area (Å²) < 4.78 is 7.00. The first-order valence-electron chi connectivity index (χ1n) is 5.21. The van der Waals surface area contributed by atoms with Crippen molar-refractivity contribution < 1.29 is 4.74 Å². The van der Waals surface area contributed by atoms with Crippen LogP contribution in [0, 0.1) is 0 Å². The number of rotatable bonds is 1. The number of hydrogen-bond acceptors (Lipinski definition) is 2. The minimum atomic E-state index is -0.124. The third kappa shape index (κ3) is 2.04. The van der Waals surface area contributed by atoms with Crippen molar-refractivity contribution in [3.8, 4) is 5.75 Å². The van der Waals surface area contributed by atoms with Crippen LogP contribution in [0.25, 0.3) is 0 Å². The fraction of sp³-hybridized carbons (Fsp3) is 0.500. The average molecular weight is 270 g/mol. The van der Waals surface area contributed by atoms with Gasteiger partial charge >= 0.3 is 0 Å². The lowest BCUT2D eigenvalue weighted by atomic mass is 9.84. The quantitative estimate of drug-likeness (QED) is 0.851.